The summed E-state index contributed by atoms with van der Waals surface area (Å²) in [5, 5.41) is 4.44. The van der Waals surface area contributed by atoms with Crippen molar-refractivity contribution in [2.45, 2.75) is 6.10 Å². The Labute approximate surface area is 103 Å². The van der Waals surface area contributed by atoms with Crippen LogP contribution in [-0.2, 0) is 4.74 Å². The highest BCUT2D eigenvalue weighted by atomic mass is 35.5. The molecule has 0 bridgehead atoms. The van der Waals surface area contributed by atoms with E-state index in [1.54, 1.807) is 0 Å². The second-order valence-electron chi connectivity index (χ2n) is 4.12. The molecule has 3 nitrogen and oxygen atoms in total. The first-order valence-corrected chi connectivity index (χ1v) is 5.92. The van der Waals surface area contributed by atoms with Crippen LogP contribution in [0.4, 0.5) is 4.39 Å². The lowest BCUT2D eigenvalue weighted by molar-refractivity contribution is 0.0286. The molecule has 0 amide bonds. The van der Waals surface area contributed by atoms with Crippen LogP contribution in [0.15, 0.2) is 18.3 Å². The number of aromatic nitrogens is 1. The lowest BCUT2D eigenvalue weighted by Crippen LogP contribution is -2.33. The second-order valence-corrected chi connectivity index (χ2v) is 4.52. The van der Waals surface area contributed by atoms with Crippen molar-refractivity contribution in [1.29, 1.82) is 0 Å². The molecule has 17 heavy (non-hydrogen) atoms. The van der Waals surface area contributed by atoms with E-state index in [1.165, 1.54) is 12.1 Å². The maximum absolute atomic E-state index is 13.4. The first-order valence-electron chi connectivity index (χ1n) is 5.54. The summed E-state index contributed by atoms with van der Waals surface area (Å²) in [5.41, 5.74) is 1.71. The van der Waals surface area contributed by atoms with Crippen LogP contribution in [0, 0.1) is 5.82 Å². The fourth-order valence-corrected chi connectivity index (χ4v) is 2.47. The second kappa shape index (κ2) is 4.29. The van der Waals surface area contributed by atoms with E-state index in [2.05, 4.69) is 10.3 Å². The van der Waals surface area contributed by atoms with E-state index in [0.29, 0.717) is 11.6 Å². The molecule has 0 aliphatic carbocycles. The fourth-order valence-electron chi connectivity index (χ4n) is 2.21. The molecule has 0 radical (unpaired) electrons. The summed E-state index contributed by atoms with van der Waals surface area (Å²) < 4.78 is 19.0. The molecule has 2 N–H and O–H groups in total. The normalized spacial score (nSPS) is 20.9. The fraction of sp³-hybridized carbons (Fsp3) is 0.333. The topological polar surface area (TPSA) is 37.0 Å². The molecule has 0 spiro atoms. The number of hydrogen-bond donors (Lipinski definition) is 2. The van der Waals surface area contributed by atoms with Gasteiger partial charge in [0.15, 0.2) is 0 Å². The molecule has 1 fully saturated rings. The molecule has 2 aromatic rings. The Balaban J connectivity index is 2.10. The number of aromatic amines is 1. The molecule has 5 heteroatoms. The minimum atomic E-state index is -0.327. The van der Waals surface area contributed by atoms with Gasteiger partial charge in [0, 0.05) is 30.2 Å². The monoisotopic (exact) mass is 254 g/mol. The Bertz CT molecular complexity index is 549. The van der Waals surface area contributed by atoms with Gasteiger partial charge in [-0.2, -0.15) is 0 Å². The van der Waals surface area contributed by atoms with E-state index in [1.807, 2.05) is 6.20 Å². The van der Waals surface area contributed by atoms with Gasteiger partial charge in [0.05, 0.1) is 23.3 Å². The van der Waals surface area contributed by atoms with Crippen molar-refractivity contribution in [1.82, 2.24) is 10.3 Å². The van der Waals surface area contributed by atoms with Crippen LogP contribution in [-0.4, -0.2) is 24.7 Å². The number of halogens is 2. The highest BCUT2D eigenvalue weighted by Crippen LogP contribution is 2.31. The predicted molar refractivity (Wildman–Crippen MR) is 64.8 cm³/mol. The summed E-state index contributed by atoms with van der Waals surface area (Å²) >= 11 is 5.99. The third kappa shape index (κ3) is 1.92. The smallest absolute Gasteiger partial charge is 0.125 e. The number of fused-ring (bicyclic) bond motifs is 1. The predicted octanol–water partition coefficient (Wildman–Crippen LogP) is 2.62. The zero-order valence-electron chi connectivity index (χ0n) is 9.09. The number of hydrogen-bond acceptors (Lipinski definition) is 2. The first kappa shape index (κ1) is 11.0. The lowest BCUT2D eigenvalue weighted by Gasteiger charge is -2.23. The number of H-pyrrole nitrogens is 1. The first-order chi connectivity index (χ1) is 8.25. The number of rotatable bonds is 1. The Hall–Kier alpha value is -1.10. The van der Waals surface area contributed by atoms with Gasteiger partial charge < -0.3 is 15.0 Å². The zero-order valence-corrected chi connectivity index (χ0v) is 9.85. The standard InChI is InChI=1S/C12H12ClFN2O/c13-10-4-7(14)3-8-9(5-16-12(8)10)11-6-15-1-2-17-11/h3-5,11,15-16H,1-2,6H2. The summed E-state index contributed by atoms with van der Waals surface area (Å²) in [7, 11) is 0. The Kier molecular flexibility index (Phi) is 2.78. The summed E-state index contributed by atoms with van der Waals surface area (Å²) in [6.07, 6.45) is 1.79. The van der Waals surface area contributed by atoms with E-state index in [-0.39, 0.29) is 11.9 Å². The van der Waals surface area contributed by atoms with Crippen LogP contribution in [0.1, 0.15) is 11.7 Å². The molecule has 1 aromatic heterocycles. The maximum atomic E-state index is 13.4. The number of morpholine rings is 1. The van der Waals surface area contributed by atoms with Crippen LogP contribution < -0.4 is 5.32 Å². The largest absolute Gasteiger partial charge is 0.371 e. The molecule has 3 rings (SSSR count). The van der Waals surface area contributed by atoms with Crippen molar-refractivity contribution in [2.24, 2.45) is 0 Å². The summed E-state index contributed by atoms with van der Waals surface area (Å²) in [6.45, 7) is 2.26. The number of nitrogens with one attached hydrogen (secondary N) is 2. The van der Waals surface area contributed by atoms with E-state index in [0.717, 1.165) is 29.6 Å². The van der Waals surface area contributed by atoms with Gasteiger partial charge >= 0.3 is 0 Å². The zero-order chi connectivity index (χ0) is 11.8. The Morgan fingerprint density at radius 3 is 3.06 bits per heavy atom. The molecule has 1 atom stereocenters. The van der Waals surface area contributed by atoms with Gasteiger partial charge in [0.25, 0.3) is 0 Å². The number of benzene rings is 1. The van der Waals surface area contributed by atoms with Gasteiger partial charge in [0.1, 0.15) is 5.82 Å². The van der Waals surface area contributed by atoms with Crippen LogP contribution in [0.3, 0.4) is 0 Å². The van der Waals surface area contributed by atoms with E-state index >= 15 is 0 Å². The van der Waals surface area contributed by atoms with Gasteiger partial charge in [0.2, 0.25) is 0 Å². The molecule has 1 aromatic carbocycles. The SMILES string of the molecule is Fc1cc(Cl)c2[nH]cc(C3CNCCO3)c2c1. The average molecular weight is 255 g/mol. The summed E-state index contributed by atoms with van der Waals surface area (Å²) in [5.74, 6) is -0.327. The highest BCUT2D eigenvalue weighted by Gasteiger charge is 2.20. The molecular formula is C12H12ClFN2O. The van der Waals surface area contributed by atoms with Crippen LogP contribution in [0.5, 0.6) is 0 Å². The highest BCUT2D eigenvalue weighted by molar-refractivity contribution is 6.35. The van der Waals surface area contributed by atoms with E-state index in [9.17, 15) is 4.39 Å². The van der Waals surface area contributed by atoms with E-state index < -0.39 is 0 Å². The molecule has 1 saturated heterocycles. The minimum Gasteiger partial charge on any atom is -0.371 e. The molecule has 90 valence electrons. The van der Waals surface area contributed by atoms with Crippen LogP contribution >= 0.6 is 11.6 Å². The van der Waals surface area contributed by atoms with Crippen molar-refractivity contribution in [3.63, 3.8) is 0 Å². The quantitative estimate of drug-likeness (QED) is 0.821. The van der Waals surface area contributed by atoms with Gasteiger partial charge in [-0.25, -0.2) is 4.39 Å². The van der Waals surface area contributed by atoms with E-state index in [4.69, 9.17) is 16.3 Å². The number of ether oxygens (including phenoxy) is 1. The van der Waals surface area contributed by atoms with Gasteiger partial charge in [-0.05, 0) is 12.1 Å². The summed E-state index contributed by atoms with van der Waals surface area (Å²) in [6, 6.07) is 2.80. The molecule has 1 unspecified atom stereocenters. The van der Waals surface area contributed by atoms with Crippen molar-refractivity contribution < 1.29 is 9.13 Å². The van der Waals surface area contributed by atoms with Gasteiger partial charge in [-0.3, -0.25) is 0 Å². The van der Waals surface area contributed by atoms with Crippen LogP contribution in [0.2, 0.25) is 5.02 Å². The third-order valence-electron chi connectivity index (χ3n) is 3.01. The Morgan fingerprint density at radius 2 is 2.29 bits per heavy atom. The summed E-state index contributed by atoms with van der Waals surface area (Å²) in [4.78, 5) is 3.07. The van der Waals surface area contributed by atoms with Crippen molar-refractivity contribution >= 4 is 22.5 Å². The molecular weight excluding hydrogens is 243 g/mol. The minimum absolute atomic E-state index is 0.0460. The molecule has 1 aliphatic rings. The van der Waals surface area contributed by atoms with Gasteiger partial charge in [-0.15, -0.1) is 0 Å². The Morgan fingerprint density at radius 1 is 1.41 bits per heavy atom. The van der Waals surface area contributed by atoms with Crippen molar-refractivity contribution in [3.05, 3.63) is 34.7 Å². The molecule has 2 heterocycles. The third-order valence-corrected chi connectivity index (χ3v) is 3.31. The lowest BCUT2D eigenvalue weighted by atomic mass is 10.1. The van der Waals surface area contributed by atoms with Gasteiger partial charge in [-0.1, -0.05) is 11.6 Å². The average Bonchev–Trinajstić information content (AvgIpc) is 2.74. The molecule has 0 saturated carbocycles. The van der Waals surface area contributed by atoms with Crippen molar-refractivity contribution in [2.75, 3.05) is 19.7 Å². The maximum Gasteiger partial charge on any atom is 0.125 e. The molecule has 1 aliphatic heterocycles. The van der Waals surface area contributed by atoms with Crippen molar-refractivity contribution in [3.8, 4) is 0 Å². The van der Waals surface area contributed by atoms with Crippen LogP contribution in [0.25, 0.3) is 10.9 Å².